The zero-order valence-electron chi connectivity index (χ0n) is 12.2. The molecule has 0 radical (unpaired) electrons. The average molecular weight is 274 g/mol. The van der Waals surface area contributed by atoms with Gasteiger partial charge >= 0.3 is 0 Å². The van der Waals surface area contributed by atoms with Gasteiger partial charge in [-0.15, -0.1) is 11.3 Å². The van der Waals surface area contributed by atoms with E-state index in [-0.39, 0.29) is 0 Å². The predicted molar refractivity (Wildman–Crippen MR) is 83.9 cm³/mol. The molecule has 2 rings (SSSR count). The molecule has 2 nitrogen and oxygen atoms in total. The van der Waals surface area contributed by atoms with E-state index < -0.39 is 0 Å². The van der Waals surface area contributed by atoms with E-state index >= 15 is 0 Å². The smallest absolute Gasteiger partial charge is 0.0948 e. The van der Waals surface area contributed by atoms with Crippen LogP contribution in [-0.2, 0) is 6.42 Å². The molecule has 0 unspecified atom stereocenters. The maximum Gasteiger partial charge on any atom is 0.0948 e. The van der Waals surface area contributed by atoms with Gasteiger partial charge in [-0.05, 0) is 43.5 Å². The Morgan fingerprint density at radius 3 is 2.53 bits per heavy atom. The summed E-state index contributed by atoms with van der Waals surface area (Å²) in [6, 6.07) is 6.59. The monoisotopic (exact) mass is 274 g/mol. The Morgan fingerprint density at radius 1 is 1.21 bits per heavy atom. The van der Waals surface area contributed by atoms with Crippen molar-refractivity contribution in [2.45, 2.75) is 40.0 Å². The number of benzene rings is 1. The minimum Gasteiger partial charge on any atom is -0.330 e. The van der Waals surface area contributed by atoms with Gasteiger partial charge < -0.3 is 5.73 Å². The molecule has 0 aliphatic carbocycles. The summed E-state index contributed by atoms with van der Waals surface area (Å²) in [6.07, 6.45) is 0.870. The number of rotatable bonds is 4. The molecule has 0 spiro atoms. The molecule has 1 heterocycles. The Balaban J connectivity index is 2.49. The molecule has 2 N–H and O–H groups in total. The maximum atomic E-state index is 5.65. The maximum absolute atomic E-state index is 5.65. The van der Waals surface area contributed by atoms with Crippen LogP contribution >= 0.6 is 11.3 Å². The van der Waals surface area contributed by atoms with Crippen molar-refractivity contribution in [2.24, 2.45) is 5.73 Å². The highest BCUT2D eigenvalue weighted by molar-refractivity contribution is 7.12. The summed E-state index contributed by atoms with van der Waals surface area (Å²) in [4.78, 5) is 6.17. The summed E-state index contributed by atoms with van der Waals surface area (Å²) in [6.45, 7) is 9.41. The third kappa shape index (κ3) is 3.04. The molecular weight excluding hydrogens is 252 g/mol. The lowest BCUT2D eigenvalue weighted by molar-refractivity contribution is 0.887. The van der Waals surface area contributed by atoms with Crippen LogP contribution in [0.3, 0.4) is 0 Å². The topological polar surface area (TPSA) is 38.9 Å². The molecule has 0 atom stereocenters. The van der Waals surface area contributed by atoms with E-state index in [1.165, 1.54) is 21.6 Å². The molecule has 0 aliphatic rings. The molecule has 0 aliphatic heterocycles. The number of thiazole rings is 1. The zero-order valence-corrected chi connectivity index (χ0v) is 13.0. The van der Waals surface area contributed by atoms with Gasteiger partial charge in [-0.2, -0.15) is 0 Å². The minimum atomic E-state index is 0.501. The molecule has 0 amide bonds. The molecule has 1 aromatic carbocycles. The van der Waals surface area contributed by atoms with Crippen molar-refractivity contribution < 1.29 is 0 Å². The first-order valence-corrected chi connectivity index (χ1v) is 7.62. The highest BCUT2D eigenvalue weighted by atomic mass is 32.1. The first-order valence-electron chi connectivity index (χ1n) is 6.80. The fourth-order valence-corrected chi connectivity index (χ4v) is 3.20. The van der Waals surface area contributed by atoms with Crippen molar-refractivity contribution in [1.82, 2.24) is 4.98 Å². The van der Waals surface area contributed by atoms with Gasteiger partial charge in [0, 0.05) is 16.9 Å². The molecule has 2 aromatic rings. The van der Waals surface area contributed by atoms with Crippen LogP contribution in [0.1, 0.15) is 40.8 Å². The van der Waals surface area contributed by atoms with Crippen LogP contribution in [0.15, 0.2) is 18.2 Å². The molecule has 102 valence electrons. The number of aryl methyl sites for hydroxylation is 2. The minimum absolute atomic E-state index is 0.501. The summed E-state index contributed by atoms with van der Waals surface area (Å²) in [5, 5.41) is 1.15. The third-order valence-electron chi connectivity index (χ3n) is 3.36. The first-order chi connectivity index (χ1) is 9.02. The van der Waals surface area contributed by atoms with Crippen molar-refractivity contribution in [1.29, 1.82) is 0 Å². The van der Waals surface area contributed by atoms with Crippen molar-refractivity contribution in [3.63, 3.8) is 0 Å². The van der Waals surface area contributed by atoms with E-state index in [0.717, 1.165) is 17.1 Å². The standard InChI is InChI=1S/C16H22N2S/c1-10(2)16-15(18-14(19-16)7-8-17)13-6-5-11(3)12(4)9-13/h5-6,9-10H,7-8,17H2,1-4H3. The Labute approximate surface area is 119 Å². The Morgan fingerprint density at radius 2 is 1.95 bits per heavy atom. The van der Waals surface area contributed by atoms with Crippen LogP contribution in [0.5, 0.6) is 0 Å². The lowest BCUT2D eigenvalue weighted by atomic mass is 10.0. The zero-order chi connectivity index (χ0) is 14.0. The molecule has 0 fully saturated rings. The van der Waals surface area contributed by atoms with Gasteiger partial charge in [0.2, 0.25) is 0 Å². The second-order valence-electron chi connectivity index (χ2n) is 5.31. The molecular formula is C16H22N2S. The van der Waals surface area contributed by atoms with E-state index in [1.807, 2.05) is 0 Å². The van der Waals surface area contributed by atoms with Gasteiger partial charge in [-0.25, -0.2) is 4.98 Å². The SMILES string of the molecule is Cc1ccc(-c2nc(CCN)sc2C(C)C)cc1C. The van der Waals surface area contributed by atoms with Gasteiger partial charge in [0.1, 0.15) is 0 Å². The lowest BCUT2D eigenvalue weighted by Crippen LogP contribution is -2.01. The number of hydrogen-bond acceptors (Lipinski definition) is 3. The number of nitrogens with zero attached hydrogens (tertiary/aromatic N) is 1. The van der Waals surface area contributed by atoms with Crippen LogP contribution in [-0.4, -0.2) is 11.5 Å². The normalized spacial score (nSPS) is 11.3. The average Bonchev–Trinajstić information content (AvgIpc) is 2.77. The van der Waals surface area contributed by atoms with Gasteiger partial charge in [-0.3, -0.25) is 0 Å². The summed E-state index contributed by atoms with van der Waals surface area (Å²) >= 11 is 1.81. The van der Waals surface area contributed by atoms with E-state index in [2.05, 4.69) is 45.9 Å². The van der Waals surface area contributed by atoms with Crippen LogP contribution in [0, 0.1) is 13.8 Å². The fourth-order valence-electron chi connectivity index (χ4n) is 2.10. The molecule has 0 saturated heterocycles. The van der Waals surface area contributed by atoms with Crippen molar-refractivity contribution in [2.75, 3.05) is 6.54 Å². The van der Waals surface area contributed by atoms with E-state index in [0.29, 0.717) is 12.5 Å². The van der Waals surface area contributed by atoms with Crippen molar-refractivity contribution >= 4 is 11.3 Å². The second-order valence-corrected chi connectivity index (χ2v) is 6.43. The fraction of sp³-hybridized carbons (Fsp3) is 0.438. The quantitative estimate of drug-likeness (QED) is 0.913. The molecule has 19 heavy (non-hydrogen) atoms. The van der Waals surface area contributed by atoms with E-state index in [4.69, 9.17) is 10.7 Å². The molecule has 0 bridgehead atoms. The molecule has 3 heteroatoms. The Hall–Kier alpha value is -1.19. The summed E-state index contributed by atoms with van der Waals surface area (Å²) in [5.74, 6) is 0.501. The summed E-state index contributed by atoms with van der Waals surface area (Å²) < 4.78 is 0. The van der Waals surface area contributed by atoms with Gasteiger partial charge in [0.25, 0.3) is 0 Å². The Bertz CT molecular complexity index is 570. The first kappa shape index (κ1) is 14.2. The van der Waals surface area contributed by atoms with Crippen LogP contribution in [0.2, 0.25) is 0 Å². The molecule has 0 saturated carbocycles. The molecule has 1 aromatic heterocycles. The van der Waals surface area contributed by atoms with Gasteiger partial charge in [0.05, 0.1) is 10.7 Å². The van der Waals surface area contributed by atoms with Crippen LogP contribution in [0.25, 0.3) is 11.3 Å². The lowest BCUT2D eigenvalue weighted by Gasteiger charge is -2.07. The van der Waals surface area contributed by atoms with Crippen molar-refractivity contribution in [3.8, 4) is 11.3 Å². The third-order valence-corrected chi connectivity index (χ3v) is 4.78. The van der Waals surface area contributed by atoms with E-state index in [9.17, 15) is 0 Å². The summed E-state index contributed by atoms with van der Waals surface area (Å²) in [5.41, 5.74) is 10.7. The highest BCUT2D eigenvalue weighted by Crippen LogP contribution is 2.34. The van der Waals surface area contributed by atoms with Gasteiger partial charge in [0.15, 0.2) is 0 Å². The van der Waals surface area contributed by atoms with Gasteiger partial charge in [-0.1, -0.05) is 26.0 Å². The largest absolute Gasteiger partial charge is 0.330 e. The van der Waals surface area contributed by atoms with E-state index in [1.54, 1.807) is 11.3 Å². The predicted octanol–water partition coefficient (Wildman–Crippen LogP) is 4.05. The number of hydrogen-bond donors (Lipinski definition) is 1. The second kappa shape index (κ2) is 5.85. The van der Waals surface area contributed by atoms with Crippen molar-refractivity contribution in [3.05, 3.63) is 39.2 Å². The Kier molecular flexibility index (Phi) is 4.38. The number of aromatic nitrogens is 1. The number of nitrogens with two attached hydrogens (primary N) is 1. The highest BCUT2D eigenvalue weighted by Gasteiger charge is 2.15. The van der Waals surface area contributed by atoms with Crippen LogP contribution < -0.4 is 5.73 Å². The van der Waals surface area contributed by atoms with Crippen LogP contribution in [0.4, 0.5) is 0 Å². The summed E-state index contributed by atoms with van der Waals surface area (Å²) in [7, 11) is 0.